The molecule has 90 valence electrons. The topological polar surface area (TPSA) is 31.0 Å². The minimum atomic E-state index is 0.373. The molecule has 3 heterocycles. The van der Waals surface area contributed by atoms with Crippen LogP contribution in [-0.4, -0.2) is 9.55 Å². The summed E-state index contributed by atoms with van der Waals surface area (Å²) in [5.41, 5.74) is 1.10. The normalized spacial score (nSPS) is 19.4. The highest BCUT2D eigenvalue weighted by Gasteiger charge is 2.24. The number of hydrogen-bond donors (Lipinski definition) is 0. The van der Waals surface area contributed by atoms with E-state index < -0.39 is 0 Å². The van der Waals surface area contributed by atoms with Crippen molar-refractivity contribution in [3.8, 4) is 11.6 Å². The van der Waals surface area contributed by atoms with E-state index in [0.29, 0.717) is 22.1 Å². The number of aromatic nitrogens is 2. The largest absolute Gasteiger partial charge is 0.441 e. The summed E-state index contributed by atoms with van der Waals surface area (Å²) in [6.07, 6.45) is 2.13. The van der Waals surface area contributed by atoms with Gasteiger partial charge in [0.1, 0.15) is 0 Å². The molecule has 1 aliphatic heterocycles. The third kappa shape index (κ3) is 1.87. The molecule has 2 aromatic rings. The average molecular weight is 271 g/mol. The van der Waals surface area contributed by atoms with E-state index in [1.807, 2.05) is 6.07 Å². The Kier molecular flexibility index (Phi) is 2.68. The van der Waals surface area contributed by atoms with Gasteiger partial charge in [-0.05, 0) is 42.5 Å². The molecule has 3 nitrogen and oxygen atoms in total. The summed E-state index contributed by atoms with van der Waals surface area (Å²) in [4.78, 5) is 4.39. The molecule has 0 radical (unpaired) electrons. The Hall–Kier alpha value is -0.930. The predicted octanol–water partition coefficient (Wildman–Crippen LogP) is 4.03. The number of hydrogen-bond acceptors (Lipinski definition) is 2. The highest BCUT2D eigenvalue weighted by atomic mass is 35.5. The SMILES string of the molecule is CC1CCc2c(Cl)nc(-c3ccc(Cl)o3)n2C1. The second-order valence-corrected chi connectivity index (χ2v) is 5.26. The fraction of sp³-hybridized carbons (Fsp3) is 0.417. The molecular formula is C12H12Cl2N2O. The second-order valence-electron chi connectivity index (χ2n) is 4.53. The van der Waals surface area contributed by atoms with Gasteiger partial charge >= 0.3 is 0 Å². The minimum absolute atomic E-state index is 0.373. The molecule has 0 bridgehead atoms. The zero-order chi connectivity index (χ0) is 12.0. The van der Waals surface area contributed by atoms with Crippen molar-refractivity contribution in [2.45, 2.75) is 26.3 Å². The van der Waals surface area contributed by atoms with E-state index in [2.05, 4.69) is 16.5 Å². The zero-order valence-electron chi connectivity index (χ0n) is 9.41. The van der Waals surface area contributed by atoms with Crippen LogP contribution in [0.2, 0.25) is 10.4 Å². The molecule has 0 saturated carbocycles. The number of furan rings is 1. The van der Waals surface area contributed by atoms with Gasteiger partial charge in [-0.15, -0.1) is 0 Å². The molecule has 5 heteroatoms. The summed E-state index contributed by atoms with van der Waals surface area (Å²) in [6.45, 7) is 3.17. The van der Waals surface area contributed by atoms with Crippen LogP contribution < -0.4 is 0 Å². The van der Waals surface area contributed by atoms with Crippen molar-refractivity contribution >= 4 is 23.2 Å². The van der Waals surface area contributed by atoms with E-state index in [4.69, 9.17) is 27.6 Å². The van der Waals surface area contributed by atoms with E-state index in [1.54, 1.807) is 6.07 Å². The van der Waals surface area contributed by atoms with Crippen LogP contribution in [0.4, 0.5) is 0 Å². The van der Waals surface area contributed by atoms with Gasteiger partial charge in [-0.1, -0.05) is 18.5 Å². The third-order valence-electron chi connectivity index (χ3n) is 3.19. The lowest BCUT2D eigenvalue weighted by Gasteiger charge is -2.21. The van der Waals surface area contributed by atoms with Crippen molar-refractivity contribution in [3.63, 3.8) is 0 Å². The van der Waals surface area contributed by atoms with Gasteiger partial charge in [-0.2, -0.15) is 0 Å². The van der Waals surface area contributed by atoms with Gasteiger partial charge in [0.05, 0.1) is 5.69 Å². The Labute approximate surface area is 109 Å². The van der Waals surface area contributed by atoms with Gasteiger partial charge in [0.2, 0.25) is 0 Å². The van der Waals surface area contributed by atoms with E-state index >= 15 is 0 Å². The van der Waals surface area contributed by atoms with Gasteiger partial charge in [-0.3, -0.25) is 0 Å². The van der Waals surface area contributed by atoms with Crippen LogP contribution in [0.3, 0.4) is 0 Å². The van der Waals surface area contributed by atoms with Gasteiger partial charge < -0.3 is 8.98 Å². The van der Waals surface area contributed by atoms with Crippen LogP contribution in [0.25, 0.3) is 11.6 Å². The molecular weight excluding hydrogens is 259 g/mol. The van der Waals surface area contributed by atoms with Crippen LogP contribution in [0, 0.1) is 5.92 Å². The monoisotopic (exact) mass is 270 g/mol. The molecule has 1 unspecified atom stereocenters. The predicted molar refractivity (Wildman–Crippen MR) is 67.4 cm³/mol. The van der Waals surface area contributed by atoms with E-state index in [0.717, 1.165) is 30.9 Å². The third-order valence-corrected chi connectivity index (χ3v) is 3.69. The maximum Gasteiger partial charge on any atom is 0.194 e. The van der Waals surface area contributed by atoms with Gasteiger partial charge in [0.15, 0.2) is 22.0 Å². The summed E-state index contributed by atoms with van der Waals surface area (Å²) in [5.74, 6) is 2.10. The number of nitrogens with zero attached hydrogens (tertiary/aromatic N) is 2. The van der Waals surface area contributed by atoms with E-state index in [-0.39, 0.29) is 0 Å². The van der Waals surface area contributed by atoms with Crippen molar-refractivity contribution < 1.29 is 4.42 Å². The first kappa shape index (κ1) is 11.2. The van der Waals surface area contributed by atoms with Crippen LogP contribution >= 0.6 is 23.2 Å². The second kappa shape index (κ2) is 4.07. The van der Waals surface area contributed by atoms with Crippen LogP contribution in [0.5, 0.6) is 0 Å². The lowest BCUT2D eigenvalue weighted by atomic mass is 10.0. The Balaban J connectivity index is 2.12. The lowest BCUT2D eigenvalue weighted by molar-refractivity contribution is 0.399. The summed E-state index contributed by atoms with van der Waals surface area (Å²) in [6, 6.07) is 3.55. The summed E-state index contributed by atoms with van der Waals surface area (Å²) < 4.78 is 7.55. The van der Waals surface area contributed by atoms with Crippen molar-refractivity contribution in [3.05, 3.63) is 28.2 Å². The summed E-state index contributed by atoms with van der Waals surface area (Å²) in [7, 11) is 0. The number of fused-ring (bicyclic) bond motifs is 1. The fourth-order valence-electron chi connectivity index (χ4n) is 2.30. The van der Waals surface area contributed by atoms with Crippen LogP contribution in [0.1, 0.15) is 19.0 Å². The van der Waals surface area contributed by atoms with Crippen molar-refractivity contribution in [1.82, 2.24) is 9.55 Å². The quantitative estimate of drug-likeness (QED) is 0.784. The summed E-state index contributed by atoms with van der Waals surface area (Å²) >= 11 is 12.0. The number of halogens is 2. The zero-order valence-corrected chi connectivity index (χ0v) is 10.9. The molecule has 1 atom stereocenters. The molecule has 0 saturated heterocycles. The summed E-state index contributed by atoms with van der Waals surface area (Å²) in [5, 5.41) is 0.955. The molecule has 3 rings (SSSR count). The van der Waals surface area contributed by atoms with Gasteiger partial charge in [0, 0.05) is 6.54 Å². The molecule has 0 amide bonds. The molecule has 0 aliphatic carbocycles. The average Bonchev–Trinajstić information content (AvgIpc) is 2.83. The maximum atomic E-state index is 6.16. The molecule has 2 aromatic heterocycles. The van der Waals surface area contributed by atoms with E-state index in [1.165, 1.54) is 0 Å². The Morgan fingerprint density at radius 2 is 2.24 bits per heavy atom. The Morgan fingerprint density at radius 3 is 2.94 bits per heavy atom. The van der Waals surface area contributed by atoms with Crippen molar-refractivity contribution in [2.75, 3.05) is 0 Å². The number of imidazole rings is 1. The van der Waals surface area contributed by atoms with E-state index in [9.17, 15) is 0 Å². The van der Waals surface area contributed by atoms with Gasteiger partial charge in [-0.25, -0.2) is 4.98 Å². The molecule has 0 aromatic carbocycles. The first-order valence-corrected chi connectivity index (χ1v) is 6.41. The lowest BCUT2D eigenvalue weighted by Crippen LogP contribution is -2.18. The Bertz CT molecular complexity index is 559. The standard InChI is InChI=1S/C12H12Cl2N2O/c1-7-2-3-8-11(14)15-12(16(8)6-7)9-4-5-10(13)17-9/h4-5,7H,2-3,6H2,1H3. The van der Waals surface area contributed by atoms with Gasteiger partial charge in [0.25, 0.3) is 0 Å². The minimum Gasteiger partial charge on any atom is -0.441 e. The van der Waals surface area contributed by atoms with Crippen molar-refractivity contribution in [2.24, 2.45) is 5.92 Å². The first-order chi connectivity index (χ1) is 8.15. The molecule has 17 heavy (non-hydrogen) atoms. The van der Waals surface area contributed by atoms with Crippen LogP contribution in [0.15, 0.2) is 16.5 Å². The highest BCUT2D eigenvalue weighted by Crippen LogP contribution is 2.33. The maximum absolute atomic E-state index is 6.16. The highest BCUT2D eigenvalue weighted by molar-refractivity contribution is 6.30. The smallest absolute Gasteiger partial charge is 0.194 e. The molecule has 1 aliphatic rings. The number of rotatable bonds is 1. The van der Waals surface area contributed by atoms with Crippen molar-refractivity contribution in [1.29, 1.82) is 0 Å². The Morgan fingerprint density at radius 1 is 1.41 bits per heavy atom. The molecule has 0 spiro atoms. The van der Waals surface area contributed by atoms with Crippen LogP contribution in [-0.2, 0) is 13.0 Å². The molecule has 0 N–H and O–H groups in total. The first-order valence-electron chi connectivity index (χ1n) is 5.65. The fourth-order valence-corrected chi connectivity index (χ4v) is 2.72. The molecule has 0 fully saturated rings.